The summed E-state index contributed by atoms with van der Waals surface area (Å²) in [5.41, 5.74) is 1.65. The first-order valence-electron chi connectivity index (χ1n) is 7.97. The van der Waals surface area contributed by atoms with E-state index in [1.165, 1.54) is 0 Å². The highest BCUT2D eigenvalue weighted by Crippen LogP contribution is 2.28. The van der Waals surface area contributed by atoms with Gasteiger partial charge in [0.15, 0.2) is 0 Å². The predicted molar refractivity (Wildman–Crippen MR) is 87.9 cm³/mol. The third-order valence-corrected chi connectivity index (χ3v) is 3.55. The Morgan fingerprint density at radius 2 is 2.23 bits per heavy atom. The topological polar surface area (TPSA) is 38.8 Å². The summed E-state index contributed by atoms with van der Waals surface area (Å²) in [6, 6.07) is 0. The van der Waals surface area contributed by atoms with Gasteiger partial charge in [-0.25, -0.2) is 4.79 Å². The highest BCUT2D eigenvalue weighted by Gasteiger charge is 2.29. The second kappa shape index (κ2) is 10.1. The van der Waals surface area contributed by atoms with Crippen molar-refractivity contribution in [2.75, 3.05) is 19.8 Å². The number of unbranched alkanes of at least 4 members (excludes halogenated alkanes) is 1. The van der Waals surface area contributed by atoms with Gasteiger partial charge < -0.3 is 14.4 Å². The highest BCUT2D eigenvalue weighted by molar-refractivity contribution is 5.89. The van der Waals surface area contributed by atoms with E-state index in [4.69, 9.17) is 9.47 Å². The van der Waals surface area contributed by atoms with Crippen molar-refractivity contribution in [1.82, 2.24) is 4.90 Å². The molecule has 122 valence electrons. The number of rotatable bonds is 7. The Balaban J connectivity index is 2.75. The Bertz CT molecular complexity index is 470. The van der Waals surface area contributed by atoms with Crippen molar-refractivity contribution in [2.24, 2.45) is 0 Å². The van der Waals surface area contributed by atoms with Gasteiger partial charge in [-0.05, 0) is 33.1 Å². The fraction of sp³-hybridized carbons (Fsp3) is 0.611. The monoisotopic (exact) mass is 305 g/mol. The van der Waals surface area contributed by atoms with Gasteiger partial charge in [-0.1, -0.05) is 18.9 Å². The van der Waals surface area contributed by atoms with E-state index in [2.05, 4.69) is 30.2 Å². The van der Waals surface area contributed by atoms with Gasteiger partial charge in [0.05, 0.1) is 12.2 Å². The van der Waals surface area contributed by atoms with Crippen LogP contribution >= 0.6 is 0 Å². The van der Waals surface area contributed by atoms with E-state index in [9.17, 15) is 4.79 Å². The third kappa shape index (κ3) is 5.23. The molecule has 1 aliphatic rings. The molecule has 1 rings (SSSR count). The van der Waals surface area contributed by atoms with Crippen LogP contribution in [-0.4, -0.2) is 36.9 Å². The van der Waals surface area contributed by atoms with Crippen LogP contribution in [0.25, 0.3) is 0 Å². The molecule has 0 bridgehead atoms. The van der Waals surface area contributed by atoms with Crippen molar-refractivity contribution >= 4 is 5.97 Å². The molecule has 4 heteroatoms. The summed E-state index contributed by atoms with van der Waals surface area (Å²) in [5.74, 6) is 5.88. The van der Waals surface area contributed by atoms with E-state index in [1.807, 2.05) is 19.9 Å². The van der Waals surface area contributed by atoms with Crippen LogP contribution in [-0.2, 0) is 14.3 Å². The molecule has 22 heavy (non-hydrogen) atoms. The molecule has 4 nitrogen and oxygen atoms in total. The lowest BCUT2D eigenvalue weighted by Crippen LogP contribution is -2.40. The van der Waals surface area contributed by atoms with Gasteiger partial charge in [0, 0.05) is 18.7 Å². The van der Waals surface area contributed by atoms with Gasteiger partial charge in [0.1, 0.15) is 12.8 Å². The summed E-state index contributed by atoms with van der Waals surface area (Å²) >= 11 is 0. The molecule has 1 heterocycles. The van der Waals surface area contributed by atoms with Crippen LogP contribution in [0.15, 0.2) is 23.9 Å². The van der Waals surface area contributed by atoms with Gasteiger partial charge in [-0.15, -0.1) is 12.5 Å². The molecule has 0 N–H and O–H groups in total. The molecule has 0 aromatic rings. The number of nitrogens with zero attached hydrogens (tertiary/aromatic N) is 1. The molecule has 1 atom stereocenters. The lowest BCUT2D eigenvalue weighted by molar-refractivity contribution is -0.139. The molecule has 0 aromatic carbocycles. The van der Waals surface area contributed by atoms with Crippen molar-refractivity contribution in [3.8, 4) is 11.8 Å². The number of hydrogen-bond acceptors (Lipinski definition) is 4. The van der Waals surface area contributed by atoms with E-state index in [0.717, 1.165) is 30.5 Å². The molecule has 0 radical (unpaired) electrons. The maximum absolute atomic E-state index is 12.0. The van der Waals surface area contributed by atoms with Gasteiger partial charge in [-0.2, -0.15) is 0 Å². The minimum atomic E-state index is -0.227. The number of carbonyl (C=O) groups is 1. The fourth-order valence-corrected chi connectivity index (χ4v) is 2.43. The molecule has 0 saturated carbocycles. The average Bonchev–Trinajstić information content (AvgIpc) is 2.50. The Kier molecular flexibility index (Phi) is 8.39. The molecule has 0 aliphatic carbocycles. The fourth-order valence-electron chi connectivity index (χ4n) is 2.43. The summed E-state index contributed by atoms with van der Waals surface area (Å²) in [6.45, 7) is 11.1. The lowest BCUT2D eigenvalue weighted by Gasteiger charge is -2.37. The Hall–Kier alpha value is -1.73. The lowest BCUT2D eigenvalue weighted by atomic mass is 10.0. The standard InChI is InChI=1S/C18H27NO3/c1-5-8-9-10-14-22-17-12-11-16(18(20)21-7-3)15(4)19(17)13-6-2/h6,17H,2,5,7-8,11-14H2,1,3-4H3. The molecule has 0 amide bonds. The zero-order chi connectivity index (χ0) is 16.4. The van der Waals surface area contributed by atoms with Gasteiger partial charge in [0.2, 0.25) is 0 Å². The number of esters is 1. The largest absolute Gasteiger partial charge is 0.463 e. The predicted octanol–water partition coefficient (Wildman–Crippen LogP) is 3.25. The number of hydrogen-bond donors (Lipinski definition) is 0. The smallest absolute Gasteiger partial charge is 0.335 e. The molecule has 0 saturated heterocycles. The molecular formula is C18H27NO3. The van der Waals surface area contributed by atoms with Crippen molar-refractivity contribution in [1.29, 1.82) is 0 Å². The van der Waals surface area contributed by atoms with Crippen LogP contribution in [0.5, 0.6) is 0 Å². The van der Waals surface area contributed by atoms with Crippen LogP contribution in [0.1, 0.15) is 46.5 Å². The first-order valence-corrected chi connectivity index (χ1v) is 7.97. The van der Waals surface area contributed by atoms with Gasteiger partial charge in [0.25, 0.3) is 0 Å². The van der Waals surface area contributed by atoms with Crippen LogP contribution in [0.2, 0.25) is 0 Å². The highest BCUT2D eigenvalue weighted by atomic mass is 16.5. The van der Waals surface area contributed by atoms with Crippen LogP contribution in [0.3, 0.4) is 0 Å². The Morgan fingerprint density at radius 3 is 2.86 bits per heavy atom. The molecule has 1 aliphatic heterocycles. The van der Waals surface area contributed by atoms with E-state index >= 15 is 0 Å². The Labute approximate surface area is 134 Å². The maximum Gasteiger partial charge on any atom is 0.335 e. The summed E-state index contributed by atoms with van der Waals surface area (Å²) in [4.78, 5) is 14.1. The van der Waals surface area contributed by atoms with Gasteiger partial charge in [-0.3, -0.25) is 0 Å². The summed E-state index contributed by atoms with van der Waals surface area (Å²) in [6.07, 6.45) is 5.14. The van der Waals surface area contributed by atoms with Crippen LogP contribution in [0.4, 0.5) is 0 Å². The van der Waals surface area contributed by atoms with Crippen LogP contribution in [0, 0.1) is 11.8 Å². The zero-order valence-electron chi connectivity index (χ0n) is 14.0. The molecule has 0 spiro atoms. The van der Waals surface area contributed by atoms with E-state index in [-0.39, 0.29) is 12.2 Å². The first kappa shape index (κ1) is 18.3. The van der Waals surface area contributed by atoms with Crippen molar-refractivity contribution in [2.45, 2.75) is 52.7 Å². The SMILES string of the molecule is C=CCN1C(C)=C(C(=O)OCC)CCC1OCC#CCCC. The van der Waals surface area contributed by atoms with E-state index < -0.39 is 0 Å². The van der Waals surface area contributed by atoms with Crippen molar-refractivity contribution < 1.29 is 14.3 Å². The minimum Gasteiger partial charge on any atom is -0.463 e. The minimum absolute atomic E-state index is 0.0629. The second-order valence-electron chi connectivity index (χ2n) is 5.13. The van der Waals surface area contributed by atoms with Crippen LogP contribution < -0.4 is 0 Å². The normalized spacial score (nSPS) is 17.8. The van der Waals surface area contributed by atoms with E-state index in [1.54, 1.807) is 0 Å². The molecule has 0 fully saturated rings. The number of allylic oxidation sites excluding steroid dienone is 1. The number of ether oxygens (including phenoxy) is 2. The van der Waals surface area contributed by atoms with Gasteiger partial charge >= 0.3 is 5.97 Å². The molecular weight excluding hydrogens is 278 g/mol. The summed E-state index contributed by atoms with van der Waals surface area (Å²) in [5, 5.41) is 0. The quantitative estimate of drug-likeness (QED) is 0.411. The van der Waals surface area contributed by atoms with Crippen molar-refractivity contribution in [3.63, 3.8) is 0 Å². The molecule has 0 aromatic heterocycles. The zero-order valence-corrected chi connectivity index (χ0v) is 14.0. The number of carbonyl (C=O) groups excluding carboxylic acids is 1. The maximum atomic E-state index is 12.0. The van der Waals surface area contributed by atoms with E-state index in [0.29, 0.717) is 26.2 Å². The second-order valence-corrected chi connectivity index (χ2v) is 5.13. The molecule has 1 unspecified atom stereocenters. The third-order valence-electron chi connectivity index (χ3n) is 3.55. The summed E-state index contributed by atoms with van der Waals surface area (Å²) in [7, 11) is 0. The Morgan fingerprint density at radius 1 is 1.45 bits per heavy atom. The summed E-state index contributed by atoms with van der Waals surface area (Å²) < 4.78 is 11.0. The van der Waals surface area contributed by atoms with Crippen molar-refractivity contribution in [3.05, 3.63) is 23.9 Å². The first-order chi connectivity index (χ1) is 10.7. The average molecular weight is 305 g/mol.